The van der Waals surface area contributed by atoms with Gasteiger partial charge in [0, 0.05) is 24.5 Å². The van der Waals surface area contributed by atoms with Crippen LogP contribution >= 0.6 is 0 Å². The molecule has 18 heavy (non-hydrogen) atoms. The summed E-state index contributed by atoms with van der Waals surface area (Å²) in [5.74, 6) is 0.705. The topological polar surface area (TPSA) is 62.5 Å². The number of aromatic nitrogens is 3. The van der Waals surface area contributed by atoms with Crippen molar-refractivity contribution in [1.82, 2.24) is 19.7 Å². The molecule has 0 spiro atoms. The van der Waals surface area contributed by atoms with E-state index in [0.29, 0.717) is 12.3 Å². The zero-order valence-electron chi connectivity index (χ0n) is 10.9. The number of aliphatic hydroxyl groups is 1. The highest BCUT2D eigenvalue weighted by Crippen LogP contribution is 2.15. The van der Waals surface area contributed by atoms with Crippen molar-refractivity contribution >= 4 is 5.78 Å². The second-order valence-electron chi connectivity index (χ2n) is 4.54. The highest BCUT2D eigenvalue weighted by molar-refractivity contribution is 5.30. The van der Waals surface area contributed by atoms with Crippen molar-refractivity contribution in [3.8, 4) is 0 Å². The van der Waals surface area contributed by atoms with E-state index in [-0.39, 0.29) is 12.1 Å². The first kappa shape index (κ1) is 13.0. The first-order valence-electron chi connectivity index (χ1n) is 6.37. The number of fused-ring (bicyclic) bond motifs is 1. The Labute approximate surface area is 107 Å². The van der Waals surface area contributed by atoms with E-state index in [4.69, 9.17) is 0 Å². The van der Waals surface area contributed by atoms with Gasteiger partial charge in [0.05, 0.1) is 18.5 Å². The molecular formula is C13H20N4O. The molecule has 98 valence electrons. The van der Waals surface area contributed by atoms with Crippen molar-refractivity contribution in [2.45, 2.75) is 38.8 Å². The predicted octanol–water partition coefficient (Wildman–Crippen LogP) is 1.37. The lowest BCUT2D eigenvalue weighted by Gasteiger charge is -2.30. The molecule has 0 fully saturated rings. The lowest BCUT2D eigenvalue weighted by Crippen LogP contribution is -2.47. The fourth-order valence-electron chi connectivity index (χ4n) is 2.07. The maximum Gasteiger partial charge on any atom is 0.233 e. The third-order valence-electron chi connectivity index (χ3n) is 3.67. The fourth-order valence-corrected chi connectivity index (χ4v) is 2.07. The molecule has 2 aromatic heterocycles. The molecule has 5 nitrogen and oxygen atoms in total. The largest absolute Gasteiger partial charge is 0.394 e. The zero-order valence-corrected chi connectivity index (χ0v) is 10.9. The Morgan fingerprint density at radius 1 is 1.33 bits per heavy atom. The van der Waals surface area contributed by atoms with Crippen LogP contribution < -0.4 is 5.32 Å². The van der Waals surface area contributed by atoms with Crippen LogP contribution in [-0.4, -0.2) is 31.6 Å². The monoisotopic (exact) mass is 248 g/mol. The molecule has 0 atom stereocenters. The van der Waals surface area contributed by atoms with Crippen LogP contribution in [0.5, 0.6) is 0 Å². The van der Waals surface area contributed by atoms with Crippen LogP contribution in [0.3, 0.4) is 0 Å². The first-order valence-corrected chi connectivity index (χ1v) is 6.37. The van der Waals surface area contributed by atoms with Gasteiger partial charge in [0.2, 0.25) is 5.78 Å². The Hall–Kier alpha value is -1.46. The highest BCUT2D eigenvalue weighted by atomic mass is 16.3. The summed E-state index contributed by atoms with van der Waals surface area (Å²) in [5, 5.41) is 13.0. The summed E-state index contributed by atoms with van der Waals surface area (Å²) < 4.78 is 1.96. The second kappa shape index (κ2) is 5.46. The number of aliphatic hydroxyl groups excluding tert-OH is 1. The Morgan fingerprint density at radius 3 is 2.78 bits per heavy atom. The zero-order chi connectivity index (χ0) is 13.0. The molecule has 0 unspecified atom stereocenters. The highest BCUT2D eigenvalue weighted by Gasteiger charge is 2.24. The van der Waals surface area contributed by atoms with E-state index in [1.54, 1.807) is 6.20 Å². The van der Waals surface area contributed by atoms with E-state index in [2.05, 4.69) is 29.1 Å². The maximum absolute atomic E-state index is 9.52. The Balaban J connectivity index is 2.14. The number of imidazole rings is 1. The van der Waals surface area contributed by atoms with Crippen LogP contribution in [0.1, 0.15) is 32.4 Å². The summed E-state index contributed by atoms with van der Waals surface area (Å²) in [6.07, 6.45) is 7.30. The van der Waals surface area contributed by atoms with Gasteiger partial charge in [0.1, 0.15) is 0 Å². The minimum atomic E-state index is -0.202. The van der Waals surface area contributed by atoms with E-state index >= 15 is 0 Å². The van der Waals surface area contributed by atoms with Gasteiger partial charge < -0.3 is 10.4 Å². The standard InChI is InChI=1S/C13H20N4O/c1-3-13(4-2,10-18)16-9-11-8-15-12-14-6-5-7-17(11)12/h5-8,16,18H,3-4,9-10H2,1-2H3. The van der Waals surface area contributed by atoms with Crippen LogP contribution in [0, 0.1) is 0 Å². The van der Waals surface area contributed by atoms with Crippen LogP contribution in [0.2, 0.25) is 0 Å². The number of hydrogen-bond donors (Lipinski definition) is 2. The molecule has 0 saturated carbocycles. The van der Waals surface area contributed by atoms with Gasteiger partial charge in [0.15, 0.2) is 0 Å². The van der Waals surface area contributed by atoms with Crippen molar-refractivity contribution in [1.29, 1.82) is 0 Å². The summed E-state index contributed by atoms with van der Waals surface area (Å²) in [6.45, 7) is 5.00. The quantitative estimate of drug-likeness (QED) is 0.810. The Bertz CT molecular complexity index is 496. The van der Waals surface area contributed by atoms with Crippen LogP contribution in [-0.2, 0) is 6.54 Å². The van der Waals surface area contributed by atoms with Crippen molar-refractivity contribution in [2.75, 3.05) is 6.61 Å². The normalized spacial score (nSPS) is 12.2. The third kappa shape index (κ3) is 2.37. The van der Waals surface area contributed by atoms with Crippen molar-refractivity contribution in [3.63, 3.8) is 0 Å². The third-order valence-corrected chi connectivity index (χ3v) is 3.67. The summed E-state index contributed by atoms with van der Waals surface area (Å²) in [5.41, 5.74) is 0.852. The molecule has 0 aliphatic carbocycles. The maximum atomic E-state index is 9.52. The van der Waals surface area contributed by atoms with Gasteiger partial charge in [0.25, 0.3) is 0 Å². The Kier molecular flexibility index (Phi) is 3.93. The smallest absolute Gasteiger partial charge is 0.233 e. The molecule has 0 aliphatic heterocycles. The van der Waals surface area contributed by atoms with Gasteiger partial charge in [-0.15, -0.1) is 0 Å². The lowest BCUT2D eigenvalue weighted by atomic mass is 9.94. The van der Waals surface area contributed by atoms with Crippen molar-refractivity contribution in [2.24, 2.45) is 0 Å². The Morgan fingerprint density at radius 2 is 2.11 bits per heavy atom. The second-order valence-corrected chi connectivity index (χ2v) is 4.54. The van der Waals surface area contributed by atoms with E-state index in [0.717, 1.165) is 18.5 Å². The first-order chi connectivity index (χ1) is 8.74. The number of nitrogens with zero attached hydrogens (tertiary/aromatic N) is 3. The van der Waals surface area contributed by atoms with Gasteiger partial charge in [-0.1, -0.05) is 13.8 Å². The van der Waals surface area contributed by atoms with Crippen LogP contribution in [0.4, 0.5) is 0 Å². The van der Waals surface area contributed by atoms with E-state index in [1.165, 1.54) is 0 Å². The van der Waals surface area contributed by atoms with Gasteiger partial charge >= 0.3 is 0 Å². The average molecular weight is 248 g/mol. The SMILES string of the molecule is CCC(CC)(CO)NCc1cnc2ncccn12. The molecular weight excluding hydrogens is 228 g/mol. The molecule has 0 radical (unpaired) electrons. The van der Waals surface area contributed by atoms with Gasteiger partial charge in [-0.2, -0.15) is 0 Å². The minimum absolute atomic E-state index is 0.148. The predicted molar refractivity (Wildman–Crippen MR) is 70.2 cm³/mol. The van der Waals surface area contributed by atoms with E-state index in [9.17, 15) is 5.11 Å². The summed E-state index contributed by atoms with van der Waals surface area (Å²) in [7, 11) is 0. The number of nitrogens with one attached hydrogen (secondary N) is 1. The molecule has 0 bridgehead atoms. The summed E-state index contributed by atoms with van der Waals surface area (Å²) >= 11 is 0. The molecule has 0 saturated heterocycles. The molecule has 2 heterocycles. The van der Waals surface area contributed by atoms with Gasteiger partial charge in [-0.05, 0) is 18.9 Å². The van der Waals surface area contributed by atoms with Crippen LogP contribution in [0.15, 0.2) is 24.7 Å². The summed E-state index contributed by atoms with van der Waals surface area (Å²) in [4.78, 5) is 8.43. The molecule has 2 N–H and O–H groups in total. The lowest BCUT2D eigenvalue weighted by molar-refractivity contribution is 0.149. The number of rotatable bonds is 6. The molecule has 2 aromatic rings. The molecule has 2 rings (SSSR count). The van der Waals surface area contributed by atoms with Gasteiger partial charge in [-0.25, -0.2) is 9.97 Å². The van der Waals surface area contributed by atoms with Crippen molar-refractivity contribution in [3.05, 3.63) is 30.4 Å². The molecule has 0 aromatic carbocycles. The average Bonchev–Trinajstić information content (AvgIpc) is 2.85. The van der Waals surface area contributed by atoms with E-state index in [1.807, 2.05) is 22.9 Å². The van der Waals surface area contributed by atoms with E-state index < -0.39 is 0 Å². The summed E-state index contributed by atoms with van der Waals surface area (Å²) in [6, 6.07) is 1.89. The van der Waals surface area contributed by atoms with Crippen molar-refractivity contribution < 1.29 is 5.11 Å². The number of hydrogen-bond acceptors (Lipinski definition) is 4. The molecule has 5 heteroatoms. The fraction of sp³-hybridized carbons (Fsp3) is 0.538. The van der Waals surface area contributed by atoms with Gasteiger partial charge in [-0.3, -0.25) is 4.40 Å². The van der Waals surface area contributed by atoms with Crippen LogP contribution in [0.25, 0.3) is 5.78 Å². The minimum Gasteiger partial charge on any atom is -0.394 e. The molecule has 0 amide bonds. The molecule has 0 aliphatic rings.